The van der Waals surface area contributed by atoms with Crippen LogP contribution in [0.15, 0.2) is 0 Å². The number of aryl methyl sites for hydroxylation is 2. The zero-order valence-electron chi connectivity index (χ0n) is 14.8. The molecule has 0 radical (unpaired) electrons. The number of carbonyl (C=O) groups excluding carboxylic acids is 1. The van der Waals surface area contributed by atoms with Crippen molar-refractivity contribution in [2.45, 2.75) is 58.5 Å². The molecule has 24 heavy (non-hydrogen) atoms. The molecule has 5 nitrogen and oxygen atoms in total. The van der Waals surface area contributed by atoms with E-state index >= 15 is 0 Å². The monoisotopic (exact) mass is 351 g/mol. The van der Waals surface area contributed by atoms with Crippen LogP contribution in [0.2, 0.25) is 0 Å². The molecule has 1 aromatic rings. The summed E-state index contributed by atoms with van der Waals surface area (Å²) in [7, 11) is 0. The van der Waals surface area contributed by atoms with E-state index in [-0.39, 0.29) is 11.8 Å². The summed E-state index contributed by atoms with van der Waals surface area (Å²) < 4.78 is 5.47. The molecule has 3 heterocycles. The van der Waals surface area contributed by atoms with Crippen LogP contribution in [-0.4, -0.2) is 48.1 Å². The lowest BCUT2D eigenvalue weighted by atomic mass is 9.94. The second-order valence-electron chi connectivity index (χ2n) is 6.85. The number of ether oxygens (including phenoxy) is 1. The highest BCUT2D eigenvalue weighted by atomic mass is 32.1. The Kier molecular flexibility index (Phi) is 6.25. The van der Waals surface area contributed by atoms with E-state index < -0.39 is 0 Å². The predicted octanol–water partition coefficient (Wildman–Crippen LogP) is 2.52. The predicted molar refractivity (Wildman–Crippen MR) is 96.2 cm³/mol. The number of aromatic nitrogens is 1. The minimum atomic E-state index is 0.126. The van der Waals surface area contributed by atoms with Crippen LogP contribution in [0.25, 0.3) is 0 Å². The van der Waals surface area contributed by atoms with E-state index in [1.54, 1.807) is 11.3 Å². The fourth-order valence-corrected chi connectivity index (χ4v) is 4.81. The molecule has 2 saturated heterocycles. The highest BCUT2D eigenvalue weighted by molar-refractivity contribution is 7.11. The Hall–Kier alpha value is -0.980. The van der Waals surface area contributed by atoms with Gasteiger partial charge in [0.05, 0.1) is 23.2 Å². The van der Waals surface area contributed by atoms with Crippen LogP contribution >= 0.6 is 11.3 Å². The first-order chi connectivity index (χ1) is 11.7. The number of amides is 1. The van der Waals surface area contributed by atoms with Crippen LogP contribution in [0.3, 0.4) is 0 Å². The zero-order valence-corrected chi connectivity index (χ0v) is 15.7. The van der Waals surface area contributed by atoms with Crippen LogP contribution in [0.5, 0.6) is 0 Å². The number of hydrogen-bond donors (Lipinski definition) is 1. The molecule has 1 N–H and O–H groups in total. The highest BCUT2D eigenvalue weighted by Crippen LogP contribution is 2.24. The highest BCUT2D eigenvalue weighted by Gasteiger charge is 2.30. The molecule has 0 aliphatic carbocycles. The quantitative estimate of drug-likeness (QED) is 0.886. The van der Waals surface area contributed by atoms with E-state index in [0.717, 1.165) is 69.1 Å². The first-order valence-corrected chi connectivity index (χ1v) is 10.0. The number of thiazole rings is 1. The van der Waals surface area contributed by atoms with Crippen LogP contribution in [-0.2, 0) is 22.5 Å². The lowest BCUT2D eigenvalue weighted by Crippen LogP contribution is -2.48. The minimum absolute atomic E-state index is 0.126. The van der Waals surface area contributed by atoms with Gasteiger partial charge >= 0.3 is 0 Å². The molecule has 134 valence electrons. The van der Waals surface area contributed by atoms with Gasteiger partial charge in [-0.1, -0.05) is 6.92 Å². The molecule has 2 aliphatic heterocycles. The maximum atomic E-state index is 12.6. The van der Waals surface area contributed by atoms with Gasteiger partial charge in [-0.15, -0.1) is 11.3 Å². The van der Waals surface area contributed by atoms with Gasteiger partial charge in [0.1, 0.15) is 0 Å². The number of carbonyl (C=O) groups is 1. The molecule has 6 heteroatoms. The van der Waals surface area contributed by atoms with Gasteiger partial charge in [-0.05, 0) is 45.6 Å². The third kappa shape index (κ3) is 4.35. The first-order valence-electron chi connectivity index (χ1n) is 9.22. The first kappa shape index (κ1) is 17.8. The Morgan fingerprint density at radius 1 is 1.38 bits per heavy atom. The molecule has 0 unspecified atom stereocenters. The number of nitrogens with one attached hydrogen (secondary N) is 1. The summed E-state index contributed by atoms with van der Waals surface area (Å²) in [4.78, 5) is 20.9. The standard InChI is InChI=1S/C18H29N3O2S/c1-3-16-17(24-13(2)20-16)11-19-18(22)14-5-4-8-21(12-14)15-6-9-23-10-7-15/h14-15H,3-12H2,1-2H3,(H,19,22)/t14-/m1/s1. The van der Waals surface area contributed by atoms with Crippen LogP contribution < -0.4 is 5.32 Å². The van der Waals surface area contributed by atoms with E-state index in [0.29, 0.717) is 12.6 Å². The third-order valence-electron chi connectivity index (χ3n) is 5.17. The Labute approximate surface area is 148 Å². The van der Waals surface area contributed by atoms with Crippen LogP contribution in [0.4, 0.5) is 0 Å². The normalized spacial score (nSPS) is 23.3. The third-order valence-corrected chi connectivity index (χ3v) is 6.19. The molecular formula is C18H29N3O2S. The molecule has 2 fully saturated rings. The van der Waals surface area contributed by atoms with Crippen molar-refractivity contribution >= 4 is 17.2 Å². The van der Waals surface area contributed by atoms with Crippen LogP contribution in [0.1, 0.15) is 48.2 Å². The van der Waals surface area contributed by atoms with Crippen molar-refractivity contribution in [1.82, 2.24) is 15.2 Å². The van der Waals surface area contributed by atoms with Gasteiger partial charge in [0.25, 0.3) is 0 Å². The summed E-state index contributed by atoms with van der Waals surface area (Å²) in [5.41, 5.74) is 1.13. The van der Waals surface area contributed by atoms with E-state index in [1.807, 2.05) is 6.92 Å². The van der Waals surface area contributed by atoms with Crippen molar-refractivity contribution in [3.8, 4) is 0 Å². The molecule has 1 aromatic heterocycles. The van der Waals surface area contributed by atoms with E-state index in [9.17, 15) is 4.79 Å². The van der Waals surface area contributed by atoms with E-state index in [2.05, 4.69) is 22.1 Å². The summed E-state index contributed by atoms with van der Waals surface area (Å²) in [5, 5.41) is 4.24. The van der Waals surface area contributed by atoms with Gasteiger partial charge in [0.15, 0.2) is 0 Å². The molecule has 0 saturated carbocycles. The number of rotatable bonds is 5. The van der Waals surface area contributed by atoms with Gasteiger partial charge in [-0.3, -0.25) is 9.69 Å². The molecule has 1 atom stereocenters. The van der Waals surface area contributed by atoms with Crippen molar-refractivity contribution in [2.75, 3.05) is 26.3 Å². The smallest absolute Gasteiger partial charge is 0.224 e. The fraction of sp³-hybridized carbons (Fsp3) is 0.778. The van der Waals surface area contributed by atoms with E-state index in [1.165, 1.54) is 4.88 Å². The zero-order chi connectivity index (χ0) is 16.9. The van der Waals surface area contributed by atoms with Gasteiger partial charge in [0, 0.05) is 30.7 Å². The molecule has 3 rings (SSSR count). The summed E-state index contributed by atoms with van der Waals surface area (Å²) in [6.07, 6.45) is 5.27. The van der Waals surface area contributed by atoms with Gasteiger partial charge < -0.3 is 10.1 Å². The number of nitrogens with zero attached hydrogens (tertiary/aromatic N) is 2. The molecule has 1 amide bonds. The summed E-state index contributed by atoms with van der Waals surface area (Å²) >= 11 is 1.70. The fourth-order valence-electron chi connectivity index (χ4n) is 3.84. The SMILES string of the molecule is CCc1nc(C)sc1CNC(=O)[C@@H]1CCCN(C2CCOCC2)C1. The summed E-state index contributed by atoms with van der Waals surface area (Å²) in [6, 6.07) is 0.602. The molecule has 0 bridgehead atoms. The molecule has 0 aromatic carbocycles. The van der Waals surface area contributed by atoms with Gasteiger partial charge in [-0.2, -0.15) is 0 Å². The lowest BCUT2D eigenvalue weighted by Gasteiger charge is -2.39. The van der Waals surface area contributed by atoms with E-state index in [4.69, 9.17) is 4.74 Å². The van der Waals surface area contributed by atoms with Gasteiger partial charge in [0.2, 0.25) is 5.91 Å². The number of hydrogen-bond acceptors (Lipinski definition) is 5. The number of piperidine rings is 1. The van der Waals surface area contributed by atoms with Crippen LogP contribution in [0, 0.1) is 12.8 Å². The average Bonchev–Trinajstić information content (AvgIpc) is 3.00. The minimum Gasteiger partial charge on any atom is -0.381 e. The average molecular weight is 352 g/mol. The lowest BCUT2D eigenvalue weighted by molar-refractivity contribution is -0.127. The van der Waals surface area contributed by atoms with Crippen molar-refractivity contribution < 1.29 is 9.53 Å². The number of likely N-dealkylation sites (tertiary alicyclic amines) is 1. The largest absolute Gasteiger partial charge is 0.381 e. The Morgan fingerprint density at radius 3 is 2.92 bits per heavy atom. The maximum Gasteiger partial charge on any atom is 0.224 e. The summed E-state index contributed by atoms with van der Waals surface area (Å²) in [5.74, 6) is 0.334. The maximum absolute atomic E-state index is 12.6. The molecular weight excluding hydrogens is 322 g/mol. The topological polar surface area (TPSA) is 54.5 Å². The molecule has 2 aliphatic rings. The Bertz CT molecular complexity index is 554. The second kappa shape index (κ2) is 8.41. The Morgan fingerprint density at radius 2 is 2.17 bits per heavy atom. The van der Waals surface area contributed by atoms with Crippen molar-refractivity contribution in [2.24, 2.45) is 5.92 Å². The van der Waals surface area contributed by atoms with Crippen molar-refractivity contribution in [1.29, 1.82) is 0 Å². The Balaban J connectivity index is 1.52. The second-order valence-corrected chi connectivity index (χ2v) is 8.14. The summed E-state index contributed by atoms with van der Waals surface area (Å²) in [6.45, 7) is 8.53. The van der Waals surface area contributed by atoms with Crippen molar-refractivity contribution in [3.63, 3.8) is 0 Å². The van der Waals surface area contributed by atoms with Gasteiger partial charge in [-0.25, -0.2) is 4.98 Å². The van der Waals surface area contributed by atoms with Crippen molar-refractivity contribution in [3.05, 3.63) is 15.6 Å². The molecule has 0 spiro atoms.